The lowest BCUT2D eigenvalue weighted by molar-refractivity contribution is -0.136. The molecule has 2 aliphatic carbocycles. The first-order valence-electron chi connectivity index (χ1n) is 7.39. The maximum Gasteiger partial charge on any atom is 0.226 e. The number of rotatable bonds is 4. The van der Waals surface area contributed by atoms with Crippen LogP contribution in [-0.4, -0.2) is 16.8 Å². The molecule has 2 aliphatic rings. The average molecular weight is 258 g/mol. The van der Waals surface area contributed by atoms with Crippen LogP contribution < -0.4 is 5.73 Å². The van der Waals surface area contributed by atoms with E-state index >= 15 is 0 Å². The summed E-state index contributed by atoms with van der Waals surface area (Å²) in [6, 6.07) is 8.36. The van der Waals surface area contributed by atoms with E-state index in [4.69, 9.17) is 5.73 Å². The van der Waals surface area contributed by atoms with Crippen molar-refractivity contribution >= 4 is 11.6 Å². The second-order valence-electron chi connectivity index (χ2n) is 5.88. The van der Waals surface area contributed by atoms with Crippen LogP contribution in [0.15, 0.2) is 24.3 Å². The second kappa shape index (κ2) is 5.24. The van der Waals surface area contributed by atoms with Crippen molar-refractivity contribution in [2.45, 2.75) is 51.1 Å². The fourth-order valence-electron chi connectivity index (χ4n) is 3.04. The maximum atomic E-state index is 12.6. The Morgan fingerprint density at radius 2 is 1.84 bits per heavy atom. The Morgan fingerprint density at radius 1 is 1.16 bits per heavy atom. The van der Waals surface area contributed by atoms with E-state index in [1.54, 1.807) is 0 Å². The van der Waals surface area contributed by atoms with E-state index in [2.05, 4.69) is 4.90 Å². The molecule has 1 aromatic rings. The van der Waals surface area contributed by atoms with Crippen LogP contribution in [0.4, 0.5) is 5.69 Å². The number of carbonyl (C=O) groups excluding carboxylic acids is 1. The molecule has 0 aliphatic heterocycles. The molecule has 0 heterocycles. The lowest BCUT2D eigenvalue weighted by Gasteiger charge is -2.26. The van der Waals surface area contributed by atoms with Crippen molar-refractivity contribution < 1.29 is 4.79 Å². The van der Waals surface area contributed by atoms with Crippen LogP contribution in [0.25, 0.3) is 0 Å². The molecule has 0 aromatic heterocycles. The Labute approximate surface area is 114 Å². The highest BCUT2D eigenvalue weighted by Crippen LogP contribution is 2.34. The van der Waals surface area contributed by atoms with Gasteiger partial charge in [0.05, 0.1) is 0 Å². The highest BCUT2D eigenvalue weighted by molar-refractivity contribution is 5.80. The summed E-state index contributed by atoms with van der Waals surface area (Å²) in [5.74, 6) is 0.633. The van der Waals surface area contributed by atoms with E-state index < -0.39 is 0 Å². The number of carbonyl (C=O) groups is 1. The van der Waals surface area contributed by atoms with E-state index in [1.807, 2.05) is 24.3 Å². The van der Waals surface area contributed by atoms with E-state index in [9.17, 15) is 4.79 Å². The number of nitrogens with two attached hydrogens (primary N) is 1. The Balaban J connectivity index is 1.74. The third-order valence-electron chi connectivity index (χ3n) is 4.37. The first-order chi connectivity index (χ1) is 9.25. The Hall–Kier alpha value is -1.51. The molecule has 1 amide bonds. The summed E-state index contributed by atoms with van der Waals surface area (Å²) in [4.78, 5) is 14.7. The molecule has 0 spiro atoms. The van der Waals surface area contributed by atoms with Gasteiger partial charge < -0.3 is 10.6 Å². The third-order valence-corrected chi connectivity index (χ3v) is 4.37. The first-order valence-corrected chi connectivity index (χ1v) is 7.39. The van der Waals surface area contributed by atoms with Gasteiger partial charge in [0.2, 0.25) is 5.91 Å². The van der Waals surface area contributed by atoms with Crippen LogP contribution in [0.3, 0.4) is 0 Å². The Bertz CT molecular complexity index is 462. The van der Waals surface area contributed by atoms with Crippen LogP contribution in [0.2, 0.25) is 0 Å². The predicted octanol–water partition coefficient (Wildman–Crippen LogP) is 2.95. The summed E-state index contributed by atoms with van der Waals surface area (Å²) in [6.07, 6.45) is 6.89. The number of hydrogen-bond acceptors (Lipinski definition) is 2. The van der Waals surface area contributed by atoms with Gasteiger partial charge in [0.1, 0.15) is 0 Å². The van der Waals surface area contributed by atoms with Gasteiger partial charge in [-0.15, -0.1) is 0 Å². The topological polar surface area (TPSA) is 46.3 Å². The molecule has 0 unspecified atom stereocenters. The fraction of sp³-hybridized carbons (Fsp3) is 0.562. The number of hydrogen-bond donors (Lipinski definition) is 1. The summed E-state index contributed by atoms with van der Waals surface area (Å²) in [5.41, 5.74) is 7.89. The third kappa shape index (κ3) is 2.75. The molecule has 2 fully saturated rings. The SMILES string of the molecule is Nc1ccccc1CN(C(=O)C1CCCC1)C1CC1. The fourth-order valence-corrected chi connectivity index (χ4v) is 3.04. The van der Waals surface area contributed by atoms with Crippen molar-refractivity contribution in [3.05, 3.63) is 29.8 Å². The lowest BCUT2D eigenvalue weighted by Crippen LogP contribution is -2.36. The first kappa shape index (κ1) is 12.5. The van der Waals surface area contributed by atoms with Gasteiger partial charge in [-0.1, -0.05) is 31.0 Å². The van der Waals surface area contributed by atoms with Crippen LogP contribution >= 0.6 is 0 Å². The van der Waals surface area contributed by atoms with Crippen molar-refractivity contribution in [3.8, 4) is 0 Å². The van der Waals surface area contributed by atoms with Gasteiger partial charge in [0.15, 0.2) is 0 Å². The highest BCUT2D eigenvalue weighted by atomic mass is 16.2. The summed E-state index contributed by atoms with van der Waals surface area (Å²) in [5, 5.41) is 0. The minimum Gasteiger partial charge on any atom is -0.398 e. The number of nitrogens with zero attached hydrogens (tertiary/aromatic N) is 1. The monoisotopic (exact) mass is 258 g/mol. The predicted molar refractivity (Wildman–Crippen MR) is 76.4 cm³/mol. The Morgan fingerprint density at radius 3 is 2.47 bits per heavy atom. The van der Waals surface area contributed by atoms with E-state index in [0.29, 0.717) is 18.5 Å². The van der Waals surface area contributed by atoms with Gasteiger partial charge >= 0.3 is 0 Å². The molecule has 102 valence electrons. The Kier molecular flexibility index (Phi) is 3.45. The van der Waals surface area contributed by atoms with E-state index in [-0.39, 0.29) is 5.92 Å². The van der Waals surface area contributed by atoms with E-state index in [1.165, 1.54) is 12.8 Å². The van der Waals surface area contributed by atoms with Gasteiger partial charge in [0, 0.05) is 24.2 Å². The number of nitrogen functional groups attached to an aromatic ring is 1. The highest BCUT2D eigenvalue weighted by Gasteiger charge is 2.36. The van der Waals surface area contributed by atoms with Crippen LogP contribution in [0.1, 0.15) is 44.1 Å². The van der Waals surface area contributed by atoms with Crippen LogP contribution in [-0.2, 0) is 11.3 Å². The van der Waals surface area contributed by atoms with E-state index in [0.717, 1.165) is 36.9 Å². The molecular formula is C16H22N2O. The average Bonchev–Trinajstić information content (AvgIpc) is 3.11. The molecule has 3 heteroatoms. The molecule has 19 heavy (non-hydrogen) atoms. The van der Waals surface area contributed by atoms with Crippen molar-refractivity contribution in [2.75, 3.05) is 5.73 Å². The summed E-state index contributed by atoms with van der Waals surface area (Å²) < 4.78 is 0. The van der Waals surface area contributed by atoms with Gasteiger partial charge in [0.25, 0.3) is 0 Å². The lowest BCUT2D eigenvalue weighted by atomic mass is 10.1. The van der Waals surface area contributed by atoms with Crippen molar-refractivity contribution in [1.82, 2.24) is 4.90 Å². The molecule has 0 radical (unpaired) electrons. The summed E-state index contributed by atoms with van der Waals surface area (Å²) in [6.45, 7) is 0.687. The standard InChI is InChI=1S/C16H22N2O/c17-15-8-4-3-7-13(15)11-18(14-9-10-14)16(19)12-5-1-2-6-12/h3-4,7-8,12,14H,1-2,5-6,9-11,17H2. The van der Waals surface area contributed by atoms with Crippen molar-refractivity contribution in [2.24, 2.45) is 5.92 Å². The molecule has 2 N–H and O–H groups in total. The zero-order valence-electron chi connectivity index (χ0n) is 11.3. The number of benzene rings is 1. The molecule has 0 atom stereocenters. The molecule has 3 nitrogen and oxygen atoms in total. The zero-order valence-corrected chi connectivity index (χ0v) is 11.3. The van der Waals surface area contributed by atoms with Gasteiger partial charge in [-0.3, -0.25) is 4.79 Å². The number of anilines is 1. The molecule has 0 saturated heterocycles. The molecule has 0 bridgehead atoms. The molecule has 3 rings (SSSR count). The maximum absolute atomic E-state index is 12.6. The van der Waals surface area contributed by atoms with Gasteiger partial charge in [-0.05, 0) is 37.3 Å². The van der Waals surface area contributed by atoms with Gasteiger partial charge in [-0.2, -0.15) is 0 Å². The van der Waals surface area contributed by atoms with Crippen molar-refractivity contribution in [3.63, 3.8) is 0 Å². The van der Waals surface area contributed by atoms with Gasteiger partial charge in [-0.25, -0.2) is 0 Å². The number of para-hydroxylation sites is 1. The van der Waals surface area contributed by atoms with Crippen molar-refractivity contribution in [1.29, 1.82) is 0 Å². The molecular weight excluding hydrogens is 236 g/mol. The number of amides is 1. The molecule has 2 saturated carbocycles. The second-order valence-corrected chi connectivity index (χ2v) is 5.88. The van der Waals surface area contributed by atoms with Crippen LogP contribution in [0, 0.1) is 5.92 Å². The summed E-state index contributed by atoms with van der Waals surface area (Å²) in [7, 11) is 0. The smallest absolute Gasteiger partial charge is 0.226 e. The normalized spacial score (nSPS) is 19.6. The summed E-state index contributed by atoms with van der Waals surface area (Å²) >= 11 is 0. The minimum atomic E-state index is 0.269. The quantitative estimate of drug-likeness (QED) is 0.844. The minimum absolute atomic E-state index is 0.269. The zero-order chi connectivity index (χ0) is 13.2. The largest absolute Gasteiger partial charge is 0.398 e. The molecule has 1 aromatic carbocycles. The van der Waals surface area contributed by atoms with Crippen LogP contribution in [0.5, 0.6) is 0 Å².